The monoisotopic (exact) mass is 310 g/mol. The summed E-state index contributed by atoms with van der Waals surface area (Å²) in [5, 5.41) is 5.33. The maximum Gasteiger partial charge on any atom is 0.0476 e. The van der Waals surface area contributed by atoms with Crippen LogP contribution in [0.4, 0.5) is 0 Å². The van der Waals surface area contributed by atoms with Crippen LogP contribution < -0.4 is 5.32 Å². The Morgan fingerprint density at radius 2 is 1.96 bits per heavy atom. The first-order chi connectivity index (χ1) is 11.3. The molecule has 4 rings (SSSR count). The molecular formula is C21H30N2. The van der Waals surface area contributed by atoms with E-state index >= 15 is 0 Å². The first-order valence-electron chi connectivity index (χ1n) is 9.66. The molecule has 1 fully saturated rings. The number of hydrogen-bond donors (Lipinski definition) is 2. The quantitative estimate of drug-likeness (QED) is 0.776. The van der Waals surface area contributed by atoms with Crippen molar-refractivity contribution in [2.24, 2.45) is 5.92 Å². The largest absolute Gasteiger partial charge is 0.357 e. The highest BCUT2D eigenvalue weighted by molar-refractivity contribution is 5.85. The summed E-state index contributed by atoms with van der Waals surface area (Å²) in [4.78, 5) is 3.72. The summed E-state index contributed by atoms with van der Waals surface area (Å²) in [6, 6.07) is 7.36. The number of fused-ring (bicyclic) bond motifs is 3. The highest BCUT2D eigenvalue weighted by atomic mass is 14.9. The first-order valence-corrected chi connectivity index (χ1v) is 9.66. The zero-order valence-corrected chi connectivity index (χ0v) is 14.5. The molecule has 2 aromatic rings. The fraction of sp³-hybridized carbons (Fsp3) is 0.619. The predicted molar refractivity (Wildman–Crippen MR) is 97.9 cm³/mol. The average Bonchev–Trinajstić information content (AvgIpc) is 2.95. The number of aryl methyl sites for hydroxylation is 2. The second-order valence-corrected chi connectivity index (χ2v) is 7.76. The first kappa shape index (κ1) is 15.3. The molecule has 2 N–H and O–H groups in total. The minimum absolute atomic E-state index is 0.537. The van der Waals surface area contributed by atoms with Crippen molar-refractivity contribution in [3.05, 3.63) is 35.0 Å². The smallest absolute Gasteiger partial charge is 0.0476 e. The molecule has 1 atom stereocenters. The number of H-pyrrole nitrogens is 1. The molecule has 1 saturated carbocycles. The van der Waals surface area contributed by atoms with E-state index in [1.165, 1.54) is 86.5 Å². The number of aromatic nitrogens is 1. The van der Waals surface area contributed by atoms with Gasteiger partial charge < -0.3 is 10.3 Å². The van der Waals surface area contributed by atoms with Gasteiger partial charge in [0.15, 0.2) is 0 Å². The minimum atomic E-state index is 0.537. The fourth-order valence-corrected chi connectivity index (χ4v) is 4.72. The van der Waals surface area contributed by atoms with E-state index in [2.05, 4.69) is 35.4 Å². The molecule has 1 heterocycles. The lowest BCUT2D eigenvalue weighted by Gasteiger charge is -2.26. The molecule has 1 unspecified atom stereocenters. The molecule has 1 aromatic carbocycles. The van der Waals surface area contributed by atoms with Gasteiger partial charge in [-0.2, -0.15) is 0 Å². The summed E-state index contributed by atoms with van der Waals surface area (Å²) in [6.07, 6.45) is 12.5. The van der Waals surface area contributed by atoms with Crippen LogP contribution in [-0.2, 0) is 6.42 Å². The Morgan fingerprint density at radius 1 is 1.09 bits per heavy atom. The molecule has 0 spiro atoms. The number of hydrogen-bond acceptors (Lipinski definition) is 1. The van der Waals surface area contributed by atoms with Crippen LogP contribution in [-0.4, -0.2) is 11.5 Å². The highest BCUT2D eigenvalue weighted by Gasteiger charge is 2.24. The van der Waals surface area contributed by atoms with Gasteiger partial charge in [-0.15, -0.1) is 0 Å². The predicted octanol–water partition coefficient (Wildman–Crippen LogP) is 5.41. The third-order valence-electron chi connectivity index (χ3n) is 6.03. The van der Waals surface area contributed by atoms with Crippen LogP contribution in [0.5, 0.6) is 0 Å². The summed E-state index contributed by atoms with van der Waals surface area (Å²) >= 11 is 0. The Bertz CT molecular complexity index is 664. The van der Waals surface area contributed by atoms with Crippen molar-refractivity contribution < 1.29 is 0 Å². The van der Waals surface area contributed by atoms with E-state index in [4.69, 9.17) is 0 Å². The van der Waals surface area contributed by atoms with Gasteiger partial charge in [0, 0.05) is 22.6 Å². The third kappa shape index (κ3) is 3.19. The Hall–Kier alpha value is -1.28. The van der Waals surface area contributed by atoms with Crippen LogP contribution in [0.15, 0.2) is 18.2 Å². The van der Waals surface area contributed by atoms with E-state index in [9.17, 15) is 0 Å². The van der Waals surface area contributed by atoms with E-state index in [-0.39, 0.29) is 0 Å². The Balaban J connectivity index is 1.46. The second kappa shape index (κ2) is 6.68. The van der Waals surface area contributed by atoms with Crippen LogP contribution in [0, 0.1) is 12.8 Å². The molecule has 0 saturated heterocycles. The Labute approximate surface area is 140 Å². The third-order valence-corrected chi connectivity index (χ3v) is 6.03. The normalized spacial score (nSPS) is 22.4. The fourth-order valence-electron chi connectivity index (χ4n) is 4.72. The van der Waals surface area contributed by atoms with Crippen molar-refractivity contribution >= 4 is 10.9 Å². The molecule has 124 valence electrons. The molecule has 0 bridgehead atoms. The lowest BCUT2D eigenvalue weighted by atomic mass is 9.86. The molecule has 23 heavy (non-hydrogen) atoms. The van der Waals surface area contributed by atoms with Crippen molar-refractivity contribution in [3.63, 3.8) is 0 Å². The molecule has 2 heteroatoms. The molecule has 0 aliphatic heterocycles. The van der Waals surface area contributed by atoms with E-state index in [1.807, 2.05) is 0 Å². The van der Waals surface area contributed by atoms with Gasteiger partial charge in [0.1, 0.15) is 0 Å². The van der Waals surface area contributed by atoms with Gasteiger partial charge in [-0.05, 0) is 62.8 Å². The van der Waals surface area contributed by atoms with Crippen LogP contribution in [0.25, 0.3) is 10.9 Å². The topological polar surface area (TPSA) is 27.8 Å². The Kier molecular flexibility index (Phi) is 4.43. The van der Waals surface area contributed by atoms with Gasteiger partial charge in [-0.3, -0.25) is 0 Å². The molecule has 2 aliphatic carbocycles. The van der Waals surface area contributed by atoms with Gasteiger partial charge >= 0.3 is 0 Å². The minimum Gasteiger partial charge on any atom is -0.357 e. The SMILES string of the molecule is Cc1ccc2[nH]c3c(c2c1)CCCC3NCCC1CCCCC1. The van der Waals surface area contributed by atoms with Crippen molar-refractivity contribution in [2.75, 3.05) is 6.54 Å². The molecule has 0 radical (unpaired) electrons. The average molecular weight is 310 g/mol. The Morgan fingerprint density at radius 3 is 2.83 bits per heavy atom. The number of aromatic amines is 1. The number of benzene rings is 1. The summed E-state index contributed by atoms with van der Waals surface area (Å²) in [5.41, 5.74) is 5.74. The van der Waals surface area contributed by atoms with Crippen molar-refractivity contribution in [3.8, 4) is 0 Å². The van der Waals surface area contributed by atoms with Crippen LogP contribution in [0.1, 0.15) is 74.2 Å². The summed E-state index contributed by atoms with van der Waals surface area (Å²) in [6.45, 7) is 3.38. The maximum absolute atomic E-state index is 3.87. The number of rotatable bonds is 4. The zero-order valence-electron chi connectivity index (χ0n) is 14.5. The molecule has 2 nitrogen and oxygen atoms in total. The lowest BCUT2D eigenvalue weighted by Crippen LogP contribution is -2.27. The van der Waals surface area contributed by atoms with Crippen LogP contribution in [0.3, 0.4) is 0 Å². The second-order valence-electron chi connectivity index (χ2n) is 7.76. The maximum atomic E-state index is 3.87. The number of nitrogens with one attached hydrogen (secondary N) is 2. The summed E-state index contributed by atoms with van der Waals surface area (Å²) < 4.78 is 0. The summed E-state index contributed by atoms with van der Waals surface area (Å²) in [5.74, 6) is 0.977. The van der Waals surface area contributed by atoms with Crippen molar-refractivity contribution in [1.29, 1.82) is 0 Å². The van der Waals surface area contributed by atoms with Crippen LogP contribution in [0.2, 0.25) is 0 Å². The lowest BCUT2D eigenvalue weighted by molar-refractivity contribution is 0.323. The van der Waals surface area contributed by atoms with Crippen molar-refractivity contribution in [2.45, 2.75) is 70.8 Å². The van der Waals surface area contributed by atoms with Gasteiger partial charge in [-0.25, -0.2) is 0 Å². The molecular weight excluding hydrogens is 280 g/mol. The molecule has 0 amide bonds. The summed E-state index contributed by atoms with van der Waals surface area (Å²) in [7, 11) is 0. The molecule has 2 aliphatic rings. The van der Waals surface area contributed by atoms with E-state index in [0.29, 0.717) is 6.04 Å². The van der Waals surface area contributed by atoms with Gasteiger partial charge in [0.25, 0.3) is 0 Å². The van der Waals surface area contributed by atoms with Crippen molar-refractivity contribution in [1.82, 2.24) is 10.3 Å². The van der Waals surface area contributed by atoms with Gasteiger partial charge in [0.05, 0.1) is 0 Å². The highest BCUT2D eigenvalue weighted by Crippen LogP contribution is 2.35. The standard InChI is InChI=1S/C21H30N2/c1-15-10-11-19-18(14-15)17-8-5-9-20(21(17)23-19)22-13-12-16-6-3-2-4-7-16/h10-11,14,16,20,22-23H,2-9,12-13H2,1H3. The molecule has 1 aromatic heterocycles. The zero-order chi connectivity index (χ0) is 15.6. The van der Waals surface area contributed by atoms with Gasteiger partial charge in [-0.1, -0.05) is 43.7 Å². The van der Waals surface area contributed by atoms with Crippen LogP contribution >= 0.6 is 0 Å². The van der Waals surface area contributed by atoms with E-state index in [0.717, 1.165) is 5.92 Å². The van der Waals surface area contributed by atoms with E-state index < -0.39 is 0 Å². The van der Waals surface area contributed by atoms with Gasteiger partial charge in [0.2, 0.25) is 0 Å². The van der Waals surface area contributed by atoms with E-state index in [1.54, 1.807) is 5.56 Å².